The molecule has 31 heavy (non-hydrogen) atoms. The highest BCUT2D eigenvalue weighted by Crippen LogP contribution is 2.42. The van der Waals surface area contributed by atoms with Crippen LogP contribution >= 0.6 is 0 Å². The van der Waals surface area contributed by atoms with Crippen molar-refractivity contribution in [1.29, 1.82) is 0 Å². The van der Waals surface area contributed by atoms with Gasteiger partial charge in [0.05, 0.1) is 31.8 Å². The molecule has 4 rings (SSSR count). The van der Waals surface area contributed by atoms with Crippen LogP contribution in [0, 0.1) is 0 Å². The molecule has 2 aliphatic rings. The third-order valence-electron chi connectivity index (χ3n) is 5.46. The summed E-state index contributed by atoms with van der Waals surface area (Å²) in [6.45, 7) is 0.627. The Morgan fingerprint density at radius 3 is 2.71 bits per heavy atom. The van der Waals surface area contributed by atoms with Crippen LogP contribution in [0.3, 0.4) is 0 Å². The Kier molecular flexibility index (Phi) is 6.33. The van der Waals surface area contributed by atoms with Crippen LogP contribution in [0.5, 0.6) is 5.88 Å². The van der Waals surface area contributed by atoms with Crippen molar-refractivity contribution in [1.82, 2.24) is 9.88 Å². The SMILES string of the molecule is COc1ncc(C2CN(C(=O)OCc3ccccc3)CCC2(F)F)cc1C1OCCO1. The molecule has 9 heteroatoms. The second kappa shape index (κ2) is 9.15. The zero-order valence-corrected chi connectivity index (χ0v) is 17.1. The molecule has 1 atom stereocenters. The second-order valence-electron chi connectivity index (χ2n) is 7.49. The summed E-state index contributed by atoms with van der Waals surface area (Å²) in [6.07, 6.45) is -0.440. The summed E-state index contributed by atoms with van der Waals surface area (Å²) in [6, 6.07) is 10.8. The van der Waals surface area contributed by atoms with E-state index in [0.29, 0.717) is 24.3 Å². The number of carbonyl (C=O) groups excluding carboxylic acids is 1. The van der Waals surface area contributed by atoms with Gasteiger partial charge >= 0.3 is 6.09 Å². The van der Waals surface area contributed by atoms with Gasteiger partial charge in [-0.2, -0.15) is 0 Å². The lowest BCUT2D eigenvalue weighted by molar-refractivity contribution is -0.0734. The first-order chi connectivity index (χ1) is 15.0. The highest BCUT2D eigenvalue weighted by Gasteiger charge is 2.47. The van der Waals surface area contributed by atoms with E-state index in [1.165, 1.54) is 18.2 Å². The minimum atomic E-state index is -3.00. The maximum atomic E-state index is 14.8. The number of rotatable bonds is 5. The van der Waals surface area contributed by atoms with Gasteiger partial charge in [-0.15, -0.1) is 0 Å². The van der Waals surface area contributed by atoms with Crippen molar-refractivity contribution < 1.29 is 32.5 Å². The summed E-state index contributed by atoms with van der Waals surface area (Å²) < 4.78 is 51.2. The summed E-state index contributed by atoms with van der Waals surface area (Å²) in [4.78, 5) is 18.0. The highest BCUT2D eigenvalue weighted by molar-refractivity contribution is 5.68. The maximum Gasteiger partial charge on any atom is 0.410 e. The highest BCUT2D eigenvalue weighted by atomic mass is 19.3. The Hall–Kier alpha value is -2.78. The lowest BCUT2D eigenvalue weighted by Crippen LogP contribution is -2.48. The molecule has 166 valence electrons. The number of hydrogen-bond donors (Lipinski definition) is 0. The molecule has 2 fully saturated rings. The molecule has 2 saturated heterocycles. The first-order valence-corrected chi connectivity index (χ1v) is 10.1. The zero-order valence-electron chi connectivity index (χ0n) is 17.1. The van der Waals surface area contributed by atoms with Gasteiger partial charge in [-0.25, -0.2) is 18.6 Å². The van der Waals surface area contributed by atoms with Crippen LogP contribution in [0.4, 0.5) is 13.6 Å². The number of ether oxygens (including phenoxy) is 4. The predicted molar refractivity (Wildman–Crippen MR) is 106 cm³/mol. The number of halogens is 2. The first kappa shape index (κ1) is 21.5. The van der Waals surface area contributed by atoms with Crippen LogP contribution in [0.25, 0.3) is 0 Å². The van der Waals surface area contributed by atoms with Gasteiger partial charge in [0.2, 0.25) is 5.88 Å². The topological polar surface area (TPSA) is 70.1 Å². The van der Waals surface area contributed by atoms with Gasteiger partial charge in [-0.1, -0.05) is 30.3 Å². The van der Waals surface area contributed by atoms with E-state index in [1.807, 2.05) is 30.3 Å². The smallest absolute Gasteiger partial charge is 0.410 e. The van der Waals surface area contributed by atoms with Crippen molar-refractivity contribution in [3.05, 3.63) is 59.3 Å². The van der Waals surface area contributed by atoms with Gasteiger partial charge in [0.15, 0.2) is 6.29 Å². The third-order valence-corrected chi connectivity index (χ3v) is 5.46. The van der Waals surface area contributed by atoms with E-state index in [-0.39, 0.29) is 25.6 Å². The van der Waals surface area contributed by atoms with Crippen molar-refractivity contribution in [3.8, 4) is 5.88 Å². The molecule has 1 aromatic heterocycles. The molecule has 0 spiro atoms. The van der Waals surface area contributed by atoms with E-state index in [4.69, 9.17) is 18.9 Å². The second-order valence-corrected chi connectivity index (χ2v) is 7.49. The fraction of sp³-hybridized carbons (Fsp3) is 0.455. The number of amides is 1. The van der Waals surface area contributed by atoms with Crippen LogP contribution in [0.15, 0.2) is 42.6 Å². The van der Waals surface area contributed by atoms with Crippen LogP contribution in [0.1, 0.15) is 35.3 Å². The Labute approximate surface area is 178 Å². The van der Waals surface area contributed by atoms with E-state index in [9.17, 15) is 13.6 Å². The molecule has 1 unspecified atom stereocenters. The fourth-order valence-corrected chi connectivity index (χ4v) is 3.78. The lowest BCUT2D eigenvalue weighted by atomic mass is 9.87. The van der Waals surface area contributed by atoms with Crippen LogP contribution < -0.4 is 4.74 Å². The van der Waals surface area contributed by atoms with E-state index >= 15 is 0 Å². The number of methoxy groups -OCH3 is 1. The molecule has 1 aromatic carbocycles. The number of benzene rings is 1. The van der Waals surface area contributed by atoms with Crippen molar-refractivity contribution in [3.63, 3.8) is 0 Å². The summed E-state index contributed by atoms with van der Waals surface area (Å²) in [5, 5.41) is 0. The van der Waals surface area contributed by atoms with E-state index < -0.39 is 30.6 Å². The first-order valence-electron chi connectivity index (χ1n) is 10.1. The van der Waals surface area contributed by atoms with Crippen molar-refractivity contribution in [2.75, 3.05) is 33.4 Å². The Balaban J connectivity index is 1.51. The molecule has 7 nitrogen and oxygen atoms in total. The lowest BCUT2D eigenvalue weighted by Gasteiger charge is -2.38. The quantitative estimate of drug-likeness (QED) is 0.711. The number of nitrogens with zero attached hydrogens (tertiary/aromatic N) is 2. The number of alkyl halides is 2. The Morgan fingerprint density at radius 1 is 1.26 bits per heavy atom. The summed E-state index contributed by atoms with van der Waals surface area (Å²) >= 11 is 0. The largest absolute Gasteiger partial charge is 0.481 e. The number of pyridine rings is 1. The molecular weight excluding hydrogens is 410 g/mol. The van der Waals surface area contributed by atoms with Gasteiger partial charge < -0.3 is 23.8 Å². The zero-order chi connectivity index (χ0) is 21.8. The van der Waals surface area contributed by atoms with E-state index in [2.05, 4.69) is 4.98 Å². The maximum absolute atomic E-state index is 14.8. The monoisotopic (exact) mass is 434 g/mol. The van der Waals surface area contributed by atoms with Gasteiger partial charge in [0.1, 0.15) is 6.61 Å². The number of hydrogen-bond acceptors (Lipinski definition) is 6. The molecular formula is C22H24F2N2O5. The minimum absolute atomic E-state index is 0.0809. The Bertz CT molecular complexity index is 906. The van der Waals surface area contributed by atoms with Crippen LogP contribution in [0.2, 0.25) is 0 Å². The number of piperidine rings is 1. The van der Waals surface area contributed by atoms with Crippen molar-refractivity contribution in [2.24, 2.45) is 0 Å². The van der Waals surface area contributed by atoms with Crippen LogP contribution in [-0.4, -0.2) is 55.3 Å². The standard InChI is InChI=1S/C22H24F2N2O5/c1-28-19-17(20-29-9-10-30-20)11-16(12-25-19)18-13-26(8-7-22(18,23)24)21(27)31-14-15-5-3-2-4-6-15/h2-6,11-12,18,20H,7-10,13-14H2,1H3. The summed E-state index contributed by atoms with van der Waals surface area (Å²) in [5.74, 6) is -3.97. The Morgan fingerprint density at radius 2 is 2.00 bits per heavy atom. The van der Waals surface area contributed by atoms with Gasteiger partial charge in [-0.3, -0.25) is 0 Å². The molecule has 0 bridgehead atoms. The minimum Gasteiger partial charge on any atom is -0.481 e. The molecule has 2 aromatic rings. The summed E-state index contributed by atoms with van der Waals surface area (Å²) in [7, 11) is 1.44. The average molecular weight is 434 g/mol. The molecule has 3 heterocycles. The van der Waals surface area contributed by atoms with Crippen molar-refractivity contribution >= 4 is 6.09 Å². The van der Waals surface area contributed by atoms with Crippen LogP contribution in [-0.2, 0) is 20.8 Å². The molecule has 2 aliphatic heterocycles. The average Bonchev–Trinajstić information content (AvgIpc) is 3.32. The molecule has 0 radical (unpaired) electrons. The molecule has 0 aliphatic carbocycles. The summed E-state index contributed by atoms with van der Waals surface area (Å²) in [5.41, 5.74) is 1.58. The van der Waals surface area contributed by atoms with E-state index in [0.717, 1.165) is 5.56 Å². The molecule has 1 amide bonds. The third kappa shape index (κ3) is 4.77. The normalized spacial score (nSPS) is 21.1. The number of likely N-dealkylation sites (tertiary alicyclic amines) is 1. The molecule has 0 N–H and O–H groups in total. The van der Waals surface area contributed by atoms with Gasteiger partial charge in [0.25, 0.3) is 5.92 Å². The molecule has 0 saturated carbocycles. The fourth-order valence-electron chi connectivity index (χ4n) is 3.78. The number of aromatic nitrogens is 1. The number of carbonyl (C=O) groups is 1. The van der Waals surface area contributed by atoms with Crippen molar-refractivity contribution in [2.45, 2.75) is 31.2 Å². The predicted octanol–water partition coefficient (Wildman–Crippen LogP) is 3.90. The van der Waals surface area contributed by atoms with E-state index in [1.54, 1.807) is 6.07 Å². The van der Waals surface area contributed by atoms with Gasteiger partial charge in [-0.05, 0) is 17.2 Å². The van der Waals surface area contributed by atoms with Gasteiger partial charge in [0, 0.05) is 25.7 Å².